The Morgan fingerprint density at radius 3 is 2.68 bits per heavy atom. The standard InChI is InChI=1S/C15H26N2OS/c1-11(16)15(14-5-4-10-19-14)17(8-9-18-3)12(2)13-6-7-13/h4-5,10-13,15H,6-9,16H2,1-3H3. The average Bonchev–Trinajstić information content (AvgIpc) is 3.10. The topological polar surface area (TPSA) is 38.5 Å². The molecule has 3 nitrogen and oxygen atoms in total. The molecule has 1 saturated carbocycles. The van der Waals surface area contributed by atoms with Crippen molar-refractivity contribution in [3.05, 3.63) is 22.4 Å². The van der Waals surface area contributed by atoms with Crippen LogP contribution in [0.5, 0.6) is 0 Å². The number of hydrogen-bond acceptors (Lipinski definition) is 4. The van der Waals surface area contributed by atoms with Gasteiger partial charge >= 0.3 is 0 Å². The van der Waals surface area contributed by atoms with Gasteiger partial charge in [0.15, 0.2) is 0 Å². The number of thiophene rings is 1. The van der Waals surface area contributed by atoms with E-state index < -0.39 is 0 Å². The van der Waals surface area contributed by atoms with Crippen LogP contribution >= 0.6 is 11.3 Å². The molecule has 0 saturated heterocycles. The van der Waals surface area contributed by atoms with E-state index in [9.17, 15) is 0 Å². The lowest BCUT2D eigenvalue weighted by atomic mass is 10.0. The molecule has 3 atom stereocenters. The van der Waals surface area contributed by atoms with E-state index in [4.69, 9.17) is 10.5 Å². The van der Waals surface area contributed by atoms with Crippen LogP contribution in [0.1, 0.15) is 37.6 Å². The summed E-state index contributed by atoms with van der Waals surface area (Å²) in [5.41, 5.74) is 6.28. The van der Waals surface area contributed by atoms with Gasteiger partial charge in [-0.05, 0) is 44.1 Å². The van der Waals surface area contributed by atoms with Crippen LogP contribution in [0.25, 0.3) is 0 Å². The van der Waals surface area contributed by atoms with Crippen LogP contribution in [-0.4, -0.2) is 37.2 Å². The van der Waals surface area contributed by atoms with E-state index in [2.05, 4.69) is 36.3 Å². The van der Waals surface area contributed by atoms with Gasteiger partial charge in [-0.1, -0.05) is 6.07 Å². The summed E-state index contributed by atoms with van der Waals surface area (Å²) < 4.78 is 5.29. The zero-order valence-electron chi connectivity index (χ0n) is 12.2. The van der Waals surface area contributed by atoms with Gasteiger partial charge in [-0.3, -0.25) is 4.90 Å². The molecule has 1 aromatic heterocycles. The quantitative estimate of drug-likeness (QED) is 0.797. The van der Waals surface area contributed by atoms with E-state index in [0.717, 1.165) is 19.1 Å². The van der Waals surface area contributed by atoms with Crippen molar-refractivity contribution in [3.63, 3.8) is 0 Å². The first kappa shape index (κ1) is 15.0. The van der Waals surface area contributed by atoms with Crippen LogP contribution in [0.15, 0.2) is 17.5 Å². The van der Waals surface area contributed by atoms with E-state index in [1.807, 2.05) is 11.3 Å². The summed E-state index contributed by atoms with van der Waals surface area (Å²) in [6.07, 6.45) is 2.72. The first-order valence-corrected chi connectivity index (χ1v) is 8.06. The molecule has 0 amide bonds. The van der Waals surface area contributed by atoms with E-state index in [-0.39, 0.29) is 6.04 Å². The summed E-state index contributed by atoms with van der Waals surface area (Å²) in [5.74, 6) is 0.845. The Balaban J connectivity index is 2.16. The van der Waals surface area contributed by atoms with Gasteiger partial charge in [0.2, 0.25) is 0 Å². The van der Waals surface area contributed by atoms with Gasteiger partial charge in [0, 0.05) is 30.6 Å². The third-order valence-electron chi connectivity index (χ3n) is 4.07. The van der Waals surface area contributed by atoms with Crippen molar-refractivity contribution in [1.82, 2.24) is 4.90 Å². The smallest absolute Gasteiger partial charge is 0.0593 e. The Bertz CT molecular complexity index is 362. The maximum atomic E-state index is 6.28. The summed E-state index contributed by atoms with van der Waals surface area (Å²) in [6.45, 7) is 6.18. The van der Waals surface area contributed by atoms with Gasteiger partial charge in [0.1, 0.15) is 0 Å². The normalized spacial score (nSPS) is 20.5. The van der Waals surface area contributed by atoms with Gasteiger partial charge in [-0.15, -0.1) is 11.3 Å². The predicted molar refractivity (Wildman–Crippen MR) is 81.5 cm³/mol. The molecule has 1 fully saturated rings. The third-order valence-corrected chi connectivity index (χ3v) is 5.01. The minimum absolute atomic E-state index is 0.136. The fourth-order valence-corrected chi connectivity index (χ4v) is 3.79. The lowest BCUT2D eigenvalue weighted by Gasteiger charge is -2.38. The van der Waals surface area contributed by atoms with Crippen molar-refractivity contribution < 1.29 is 4.74 Å². The zero-order chi connectivity index (χ0) is 13.8. The van der Waals surface area contributed by atoms with Crippen molar-refractivity contribution in [2.24, 2.45) is 11.7 Å². The molecule has 19 heavy (non-hydrogen) atoms. The van der Waals surface area contributed by atoms with Crippen molar-refractivity contribution in [2.75, 3.05) is 20.3 Å². The highest BCUT2D eigenvalue weighted by molar-refractivity contribution is 7.10. The maximum Gasteiger partial charge on any atom is 0.0593 e. The van der Waals surface area contributed by atoms with Crippen molar-refractivity contribution >= 4 is 11.3 Å². The number of ether oxygens (including phenoxy) is 1. The molecule has 108 valence electrons. The summed E-state index contributed by atoms with van der Waals surface area (Å²) in [4.78, 5) is 3.93. The van der Waals surface area contributed by atoms with Gasteiger partial charge in [-0.2, -0.15) is 0 Å². The molecular formula is C15H26N2OS. The number of hydrogen-bond donors (Lipinski definition) is 1. The third kappa shape index (κ3) is 3.78. The van der Waals surface area contributed by atoms with Gasteiger partial charge < -0.3 is 10.5 Å². The van der Waals surface area contributed by atoms with E-state index >= 15 is 0 Å². The molecule has 0 aliphatic heterocycles. The molecule has 0 bridgehead atoms. The molecule has 0 radical (unpaired) electrons. The molecule has 2 rings (SSSR count). The molecule has 3 unspecified atom stereocenters. The minimum Gasteiger partial charge on any atom is -0.383 e. The van der Waals surface area contributed by atoms with Crippen LogP contribution in [-0.2, 0) is 4.74 Å². The van der Waals surface area contributed by atoms with E-state index in [1.165, 1.54) is 17.7 Å². The second-order valence-electron chi connectivity index (χ2n) is 5.63. The van der Waals surface area contributed by atoms with Crippen molar-refractivity contribution in [1.29, 1.82) is 0 Å². The Labute approximate surface area is 120 Å². The lowest BCUT2D eigenvalue weighted by molar-refractivity contribution is 0.0733. The Morgan fingerprint density at radius 2 is 2.21 bits per heavy atom. The molecule has 1 aliphatic carbocycles. The second kappa shape index (κ2) is 6.84. The van der Waals surface area contributed by atoms with E-state index in [1.54, 1.807) is 7.11 Å². The Hall–Kier alpha value is -0.420. The highest BCUT2D eigenvalue weighted by Gasteiger charge is 2.36. The number of nitrogens with zero attached hydrogens (tertiary/aromatic N) is 1. The molecule has 2 N–H and O–H groups in total. The Morgan fingerprint density at radius 1 is 1.47 bits per heavy atom. The van der Waals surface area contributed by atoms with Crippen LogP contribution in [0.4, 0.5) is 0 Å². The molecule has 0 aromatic carbocycles. The zero-order valence-corrected chi connectivity index (χ0v) is 13.0. The maximum absolute atomic E-state index is 6.28. The number of nitrogens with two attached hydrogens (primary N) is 1. The minimum atomic E-state index is 0.136. The molecule has 1 heterocycles. The molecule has 4 heteroatoms. The second-order valence-corrected chi connectivity index (χ2v) is 6.61. The highest BCUT2D eigenvalue weighted by atomic mass is 32.1. The first-order valence-electron chi connectivity index (χ1n) is 7.18. The monoisotopic (exact) mass is 282 g/mol. The fraction of sp³-hybridized carbons (Fsp3) is 0.733. The number of methoxy groups -OCH3 is 1. The fourth-order valence-electron chi connectivity index (χ4n) is 2.83. The summed E-state index contributed by atoms with van der Waals surface area (Å²) in [7, 11) is 1.77. The highest BCUT2D eigenvalue weighted by Crippen LogP contribution is 2.39. The predicted octanol–water partition coefficient (Wildman–Crippen LogP) is 2.88. The van der Waals surface area contributed by atoms with Crippen LogP contribution in [0.3, 0.4) is 0 Å². The Kier molecular flexibility index (Phi) is 5.39. The summed E-state index contributed by atoms with van der Waals surface area (Å²) >= 11 is 1.81. The molecular weight excluding hydrogens is 256 g/mol. The van der Waals surface area contributed by atoms with Crippen LogP contribution in [0.2, 0.25) is 0 Å². The van der Waals surface area contributed by atoms with E-state index in [0.29, 0.717) is 12.1 Å². The largest absolute Gasteiger partial charge is 0.383 e. The van der Waals surface area contributed by atoms with Gasteiger partial charge in [0.25, 0.3) is 0 Å². The SMILES string of the molecule is COCCN(C(C)C1CC1)C(c1cccs1)C(C)N. The number of rotatable bonds is 8. The summed E-state index contributed by atoms with van der Waals surface area (Å²) in [6, 6.07) is 5.36. The van der Waals surface area contributed by atoms with Crippen molar-refractivity contribution in [2.45, 2.75) is 44.8 Å². The molecule has 1 aromatic rings. The molecule has 0 spiro atoms. The molecule has 1 aliphatic rings. The lowest BCUT2D eigenvalue weighted by Crippen LogP contribution is -2.46. The average molecular weight is 282 g/mol. The van der Waals surface area contributed by atoms with Crippen LogP contribution in [0, 0.1) is 5.92 Å². The van der Waals surface area contributed by atoms with Gasteiger partial charge in [-0.25, -0.2) is 0 Å². The van der Waals surface area contributed by atoms with Gasteiger partial charge in [0.05, 0.1) is 12.6 Å². The van der Waals surface area contributed by atoms with Crippen LogP contribution < -0.4 is 5.73 Å². The summed E-state index contributed by atoms with van der Waals surface area (Å²) in [5, 5.41) is 2.14. The first-order chi connectivity index (χ1) is 9.15. The van der Waals surface area contributed by atoms with Crippen molar-refractivity contribution in [3.8, 4) is 0 Å².